The molecule has 2 aromatic carbocycles. The Morgan fingerprint density at radius 1 is 1.00 bits per heavy atom. The van der Waals surface area contributed by atoms with Gasteiger partial charge in [0.25, 0.3) is 0 Å². The van der Waals surface area contributed by atoms with Crippen LogP contribution in [0.1, 0.15) is 10.4 Å². The molecule has 4 rings (SSSR count). The molecule has 0 aliphatic heterocycles. The highest BCUT2D eigenvalue weighted by Gasteiger charge is 2.07. The van der Waals surface area contributed by atoms with Crippen molar-refractivity contribution >= 4 is 28.1 Å². The largest absolute Gasteiger partial charge is 0.317 e. The summed E-state index contributed by atoms with van der Waals surface area (Å²) < 4.78 is 2.09. The molecular weight excluding hydrogens is 260 g/mol. The molecule has 0 bridgehead atoms. The van der Waals surface area contributed by atoms with E-state index in [-0.39, 0.29) is 0 Å². The Balaban J connectivity index is 1.98. The molecule has 0 saturated carbocycles. The van der Waals surface area contributed by atoms with Gasteiger partial charge in [-0.15, -0.1) is 0 Å². The molecule has 3 heteroatoms. The van der Waals surface area contributed by atoms with E-state index in [9.17, 15) is 4.79 Å². The Kier molecular flexibility index (Phi) is 2.57. The standard InChI is InChI=1S/C18H12N2O/c21-12-14-3-1-5-18-16(14)8-10-20(18)15-6-7-17-13(11-15)4-2-9-19-17/h1-12H. The molecule has 2 heterocycles. The molecular formula is C18H12N2O. The van der Waals surface area contributed by atoms with Gasteiger partial charge in [0.05, 0.1) is 11.0 Å². The Bertz CT molecular complexity index is 969. The summed E-state index contributed by atoms with van der Waals surface area (Å²) in [6.07, 6.45) is 4.69. The quantitative estimate of drug-likeness (QED) is 0.517. The third-order valence-electron chi connectivity index (χ3n) is 3.76. The summed E-state index contributed by atoms with van der Waals surface area (Å²) in [7, 11) is 0. The molecule has 0 aliphatic rings. The first-order valence-electron chi connectivity index (χ1n) is 6.77. The summed E-state index contributed by atoms with van der Waals surface area (Å²) in [5.41, 5.74) is 3.79. The Labute approximate surface area is 121 Å². The van der Waals surface area contributed by atoms with Crippen LogP contribution in [-0.4, -0.2) is 15.8 Å². The average molecular weight is 272 g/mol. The molecule has 0 unspecified atom stereocenters. The highest BCUT2D eigenvalue weighted by Crippen LogP contribution is 2.24. The van der Waals surface area contributed by atoms with E-state index in [4.69, 9.17) is 0 Å². The number of aromatic nitrogens is 2. The van der Waals surface area contributed by atoms with E-state index in [1.54, 1.807) is 6.20 Å². The van der Waals surface area contributed by atoms with Gasteiger partial charge in [-0.05, 0) is 36.4 Å². The van der Waals surface area contributed by atoms with Gasteiger partial charge in [0.1, 0.15) is 0 Å². The highest BCUT2D eigenvalue weighted by atomic mass is 16.1. The number of carbonyl (C=O) groups excluding carboxylic acids is 1. The zero-order valence-corrected chi connectivity index (χ0v) is 11.2. The Hall–Kier alpha value is -2.94. The number of hydrogen-bond acceptors (Lipinski definition) is 2. The number of hydrogen-bond donors (Lipinski definition) is 0. The van der Waals surface area contributed by atoms with Crippen molar-refractivity contribution < 1.29 is 4.79 Å². The highest BCUT2D eigenvalue weighted by molar-refractivity contribution is 5.98. The lowest BCUT2D eigenvalue weighted by molar-refractivity contribution is 0.112. The smallest absolute Gasteiger partial charge is 0.150 e. The molecule has 3 nitrogen and oxygen atoms in total. The van der Waals surface area contributed by atoms with Crippen LogP contribution in [-0.2, 0) is 0 Å². The molecule has 0 radical (unpaired) electrons. The van der Waals surface area contributed by atoms with Crippen molar-refractivity contribution in [3.8, 4) is 5.69 Å². The summed E-state index contributed by atoms with van der Waals surface area (Å²) in [6.45, 7) is 0. The Morgan fingerprint density at radius 3 is 2.86 bits per heavy atom. The van der Waals surface area contributed by atoms with Crippen LogP contribution < -0.4 is 0 Å². The fourth-order valence-corrected chi connectivity index (χ4v) is 2.73. The zero-order valence-electron chi connectivity index (χ0n) is 11.2. The van der Waals surface area contributed by atoms with Crippen LogP contribution in [0.3, 0.4) is 0 Å². The fraction of sp³-hybridized carbons (Fsp3) is 0. The van der Waals surface area contributed by atoms with E-state index in [2.05, 4.69) is 15.6 Å². The molecule has 0 saturated heterocycles. The van der Waals surface area contributed by atoms with Gasteiger partial charge in [-0.3, -0.25) is 9.78 Å². The van der Waals surface area contributed by atoms with Crippen molar-refractivity contribution in [2.45, 2.75) is 0 Å². The fourth-order valence-electron chi connectivity index (χ4n) is 2.73. The number of aldehydes is 1. The maximum Gasteiger partial charge on any atom is 0.150 e. The summed E-state index contributed by atoms with van der Waals surface area (Å²) in [6, 6.07) is 17.9. The second-order valence-electron chi connectivity index (χ2n) is 4.96. The summed E-state index contributed by atoms with van der Waals surface area (Å²) in [5, 5.41) is 2.07. The van der Waals surface area contributed by atoms with Gasteiger partial charge in [-0.2, -0.15) is 0 Å². The van der Waals surface area contributed by atoms with Crippen LogP contribution in [0.2, 0.25) is 0 Å². The monoisotopic (exact) mass is 272 g/mol. The Morgan fingerprint density at radius 2 is 1.95 bits per heavy atom. The topological polar surface area (TPSA) is 34.9 Å². The minimum absolute atomic E-state index is 0.716. The molecule has 0 spiro atoms. The van der Waals surface area contributed by atoms with Crippen molar-refractivity contribution in [1.29, 1.82) is 0 Å². The van der Waals surface area contributed by atoms with Crippen molar-refractivity contribution in [2.24, 2.45) is 0 Å². The average Bonchev–Trinajstić information content (AvgIpc) is 2.98. The molecule has 4 aromatic rings. The van der Waals surface area contributed by atoms with Crippen LogP contribution in [0.5, 0.6) is 0 Å². The molecule has 100 valence electrons. The molecule has 0 atom stereocenters. The third kappa shape index (κ3) is 1.82. The van der Waals surface area contributed by atoms with Gasteiger partial charge in [0, 0.05) is 34.4 Å². The minimum Gasteiger partial charge on any atom is -0.317 e. The number of fused-ring (bicyclic) bond motifs is 2. The lowest BCUT2D eigenvalue weighted by Gasteiger charge is -2.07. The normalized spacial score (nSPS) is 11.0. The van der Waals surface area contributed by atoms with E-state index in [1.165, 1.54) is 0 Å². The first-order chi connectivity index (χ1) is 10.4. The summed E-state index contributed by atoms with van der Waals surface area (Å²) in [4.78, 5) is 15.5. The number of rotatable bonds is 2. The van der Waals surface area contributed by atoms with Crippen molar-refractivity contribution in [2.75, 3.05) is 0 Å². The second-order valence-corrected chi connectivity index (χ2v) is 4.96. The van der Waals surface area contributed by atoms with Crippen LogP contribution in [0, 0.1) is 0 Å². The molecule has 0 N–H and O–H groups in total. The maximum atomic E-state index is 11.1. The van der Waals surface area contributed by atoms with E-state index >= 15 is 0 Å². The van der Waals surface area contributed by atoms with Crippen LogP contribution in [0.15, 0.2) is 67.0 Å². The molecule has 21 heavy (non-hydrogen) atoms. The van der Waals surface area contributed by atoms with E-state index in [1.807, 2.05) is 54.7 Å². The van der Waals surface area contributed by atoms with Crippen molar-refractivity contribution in [3.05, 3.63) is 72.6 Å². The molecule has 0 aliphatic carbocycles. The lowest BCUT2D eigenvalue weighted by atomic mass is 10.1. The van der Waals surface area contributed by atoms with Gasteiger partial charge < -0.3 is 4.57 Å². The van der Waals surface area contributed by atoms with Gasteiger partial charge in [0.15, 0.2) is 6.29 Å². The number of benzene rings is 2. The summed E-state index contributed by atoms with van der Waals surface area (Å²) in [5.74, 6) is 0. The first-order valence-corrected chi connectivity index (χ1v) is 6.77. The van der Waals surface area contributed by atoms with Crippen molar-refractivity contribution in [1.82, 2.24) is 9.55 Å². The van der Waals surface area contributed by atoms with Crippen LogP contribution in [0.4, 0.5) is 0 Å². The zero-order chi connectivity index (χ0) is 14.2. The van der Waals surface area contributed by atoms with Gasteiger partial charge in [0.2, 0.25) is 0 Å². The molecule has 2 aromatic heterocycles. The first kappa shape index (κ1) is 11.9. The lowest BCUT2D eigenvalue weighted by Crippen LogP contribution is -1.92. The van der Waals surface area contributed by atoms with E-state index < -0.39 is 0 Å². The third-order valence-corrected chi connectivity index (χ3v) is 3.76. The second kappa shape index (κ2) is 4.56. The SMILES string of the molecule is O=Cc1cccc2c1ccn2-c1ccc2ncccc2c1. The predicted molar refractivity (Wildman–Crippen MR) is 84.0 cm³/mol. The van der Waals surface area contributed by atoms with E-state index in [0.717, 1.165) is 33.8 Å². The maximum absolute atomic E-state index is 11.1. The van der Waals surface area contributed by atoms with Crippen LogP contribution >= 0.6 is 0 Å². The van der Waals surface area contributed by atoms with Crippen molar-refractivity contribution in [3.63, 3.8) is 0 Å². The number of carbonyl (C=O) groups is 1. The summed E-state index contributed by atoms with van der Waals surface area (Å²) >= 11 is 0. The van der Waals surface area contributed by atoms with E-state index in [0.29, 0.717) is 5.56 Å². The number of nitrogens with zero attached hydrogens (tertiary/aromatic N) is 2. The van der Waals surface area contributed by atoms with Gasteiger partial charge in [-0.1, -0.05) is 18.2 Å². The van der Waals surface area contributed by atoms with Gasteiger partial charge in [-0.25, -0.2) is 0 Å². The predicted octanol–water partition coefficient (Wildman–Crippen LogP) is 3.99. The number of pyridine rings is 1. The van der Waals surface area contributed by atoms with Gasteiger partial charge >= 0.3 is 0 Å². The molecule has 0 fully saturated rings. The van der Waals surface area contributed by atoms with Crippen LogP contribution in [0.25, 0.3) is 27.5 Å². The minimum atomic E-state index is 0.716. The molecule has 0 amide bonds.